The summed E-state index contributed by atoms with van der Waals surface area (Å²) >= 11 is 0. The summed E-state index contributed by atoms with van der Waals surface area (Å²) in [5, 5.41) is 33.9. The van der Waals surface area contributed by atoms with E-state index in [0.29, 0.717) is 18.4 Å². The molecule has 0 bridgehead atoms. The Balaban J connectivity index is 1.65. The van der Waals surface area contributed by atoms with Crippen LogP contribution in [0.1, 0.15) is 24.6 Å². The fourth-order valence-electron chi connectivity index (χ4n) is 3.39. The standard InChI is InChI=1S/C17H22N8O5/c18-10(27)3-1-2-8-4-21-25(5-8)17-22-14(19)11-15(23-17)24(7-20-11)16-13(29)12(28)9(6-26)30-16/h4-5,7,9,12-13,16,26,28-29H,1-3,6H2,(H2,18,27)(H2,19,22,23)/t9-,12-,13-,16-/m1/s1. The second kappa shape index (κ2) is 7.95. The van der Waals surface area contributed by atoms with E-state index in [1.807, 2.05) is 0 Å². The molecule has 7 N–H and O–H groups in total. The van der Waals surface area contributed by atoms with Crippen LogP contribution in [0.4, 0.5) is 5.82 Å². The summed E-state index contributed by atoms with van der Waals surface area (Å²) in [6.07, 6.45) is 1.72. The van der Waals surface area contributed by atoms with Crippen LogP contribution in [0.25, 0.3) is 17.1 Å². The van der Waals surface area contributed by atoms with Crippen LogP contribution >= 0.6 is 0 Å². The Morgan fingerprint density at radius 3 is 2.77 bits per heavy atom. The van der Waals surface area contributed by atoms with Crippen molar-refractivity contribution in [1.82, 2.24) is 29.3 Å². The Morgan fingerprint density at radius 1 is 1.27 bits per heavy atom. The smallest absolute Gasteiger partial charge is 0.254 e. The zero-order valence-corrected chi connectivity index (χ0v) is 15.9. The molecular formula is C17H22N8O5. The van der Waals surface area contributed by atoms with Crippen LogP contribution in [0.5, 0.6) is 0 Å². The predicted molar refractivity (Wildman–Crippen MR) is 102 cm³/mol. The minimum absolute atomic E-state index is 0.103. The molecule has 1 aliphatic rings. The Labute approximate surface area is 169 Å². The first-order valence-corrected chi connectivity index (χ1v) is 9.33. The summed E-state index contributed by atoms with van der Waals surface area (Å²) in [4.78, 5) is 23.7. The lowest BCUT2D eigenvalue weighted by Crippen LogP contribution is -2.33. The van der Waals surface area contributed by atoms with E-state index in [9.17, 15) is 20.1 Å². The van der Waals surface area contributed by atoms with Gasteiger partial charge in [0.25, 0.3) is 5.95 Å². The van der Waals surface area contributed by atoms with Gasteiger partial charge in [-0.2, -0.15) is 15.1 Å². The van der Waals surface area contributed by atoms with Crippen molar-refractivity contribution in [3.63, 3.8) is 0 Å². The summed E-state index contributed by atoms with van der Waals surface area (Å²) in [6, 6.07) is 0. The SMILES string of the molecule is NC(=O)CCCc1cnn(-c2nc(N)c3ncn([C@@H]4O[C@H](CO)[C@@H](O)[C@H]4O)c3n2)c1. The maximum Gasteiger partial charge on any atom is 0.254 e. The van der Waals surface area contributed by atoms with Gasteiger partial charge in [-0.3, -0.25) is 9.36 Å². The number of nitrogens with two attached hydrogens (primary N) is 2. The van der Waals surface area contributed by atoms with Crippen LogP contribution < -0.4 is 11.5 Å². The summed E-state index contributed by atoms with van der Waals surface area (Å²) in [7, 11) is 0. The van der Waals surface area contributed by atoms with E-state index >= 15 is 0 Å². The molecule has 13 nitrogen and oxygen atoms in total. The van der Waals surface area contributed by atoms with E-state index in [4.69, 9.17) is 16.2 Å². The molecule has 1 aliphatic heterocycles. The Kier molecular flexibility index (Phi) is 5.34. The number of aliphatic hydroxyl groups excluding tert-OH is 3. The fourth-order valence-corrected chi connectivity index (χ4v) is 3.39. The van der Waals surface area contributed by atoms with Crippen molar-refractivity contribution in [2.45, 2.75) is 43.8 Å². The number of aromatic nitrogens is 6. The van der Waals surface area contributed by atoms with Gasteiger partial charge in [0, 0.05) is 12.6 Å². The van der Waals surface area contributed by atoms with Crippen molar-refractivity contribution in [2.24, 2.45) is 5.73 Å². The van der Waals surface area contributed by atoms with Gasteiger partial charge in [0.15, 0.2) is 17.7 Å². The van der Waals surface area contributed by atoms with E-state index in [1.54, 1.807) is 12.4 Å². The number of hydrogen-bond acceptors (Lipinski definition) is 10. The first kappa shape index (κ1) is 20.2. The number of hydrogen-bond donors (Lipinski definition) is 5. The topological polar surface area (TPSA) is 200 Å². The Morgan fingerprint density at radius 2 is 2.07 bits per heavy atom. The van der Waals surface area contributed by atoms with Gasteiger partial charge in [0.2, 0.25) is 5.91 Å². The van der Waals surface area contributed by atoms with Crippen molar-refractivity contribution in [3.05, 3.63) is 24.3 Å². The number of ether oxygens (including phenoxy) is 1. The minimum atomic E-state index is -1.29. The molecule has 1 fully saturated rings. The van der Waals surface area contributed by atoms with Crippen molar-refractivity contribution < 1.29 is 24.9 Å². The number of rotatable bonds is 7. The van der Waals surface area contributed by atoms with E-state index in [0.717, 1.165) is 5.56 Å². The number of fused-ring (bicyclic) bond motifs is 1. The summed E-state index contributed by atoms with van der Waals surface area (Å²) < 4.78 is 8.42. The van der Waals surface area contributed by atoms with Crippen LogP contribution in [0.2, 0.25) is 0 Å². The number of nitrogens with zero attached hydrogens (tertiary/aromatic N) is 6. The molecule has 160 valence electrons. The number of amides is 1. The average Bonchev–Trinajstić information content (AvgIpc) is 3.41. The first-order valence-electron chi connectivity index (χ1n) is 9.33. The lowest BCUT2D eigenvalue weighted by Gasteiger charge is -2.16. The number of carbonyl (C=O) groups excluding carboxylic acids is 1. The average molecular weight is 418 g/mol. The van der Waals surface area contributed by atoms with E-state index < -0.39 is 31.1 Å². The Hall–Kier alpha value is -3.13. The van der Waals surface area contributed by atoms with Gasteiger partial charge < -0.3 is 31.5 Å². The zero-order valence-electron chi connectivity index (χ0n) is 15.9. The van der Waals surface area contributed by atoms with Gasteiger partial charge in [-0.05, 0) is 18.4 Å². The van der Waals surface area contributed by atoms with Crippen molar-refractivity contribution >= 4 is 22.9 Å². The van der Waals surface area contributed by atoms with Crippen LogP contribution in [0, 0.1) is 0 Å². The van der Waals surface area contributed by atoms with Gasteiger partial charge in [-0.1, -0.05) is 0 Å². The van der Waals surface area contributed by atoms with Gasteiger partial charge in [0.05, 0.1) is 19.1 Å². The molecule has 0 aliphatic carbocycles. The number of carbonyl (C=O) groups is 1. The molecule has 3 aromatic rings. The molecule has 30 heavy (non-hydrogen) atoms. The molecular weight excluding hydrogens is 396 g/mol. The molecule has 3 aromatic heterocycles. The Bertz CT molecular complexity index is 1070. The second-order valence-corrected chi connectivity index (χ2v) is 7.07. The molecule has 0 spiro atoms. The fraction of sp³-hybridized carbons (Fsp3) is 0.471. The predicted octanol–water partition coefficient (Wildman–Crippen LogP) is -1.99. The van der Waals surface area contributed by atoms with E-state index in [-0.39, 0.29) is 29.7 Å². The number of aryl methyl sites for hydroxylation is 1. The highest BCUT2D eigenvalue weighted by Crippen LogP contribution is 2.32. The molecule has 13 heteroatoms. The quantitative estimate of drug-likeness (QED) is 0.286. The molecule has 0 unspecified atom stereocenters. The van der Waals surface area contributed by atoms with Crippen molar-refractivity contribution in [1.29, 1.82) is 0 Å². The van der Waals surface area contributed by atoms with Crippen LogP contribution in [-0.4, -0.2) is 75.4 Å². The molecule has 1 saturated heterocycles. The molecule has 4 rings (SSSR count). The third kappa shape index (κ3) is 3.59. The molecule has 4 atom stereocenters. The summed E-state index contributed by atoms with van der Waals surface area (Å²) in [5.74, 6) is -0.0806. The third-order valence-corrected chi connectivity index (χ3v) is 4.96. The van der Waals surface area contributed by atoms with Crippen LogP contribution in [0.3, 0.4) is 0 Å². The summed E-state index contributed by atoms with van der Waals surface area (Å²) in [5.41, 5.74) is 12.6. The van der Waals surface area contributed by atoms with E-state index in [1.165, 1.54) is 15.6 Å². The van der Waals surface area contributed by atoms with Gasteiger partial charge in [-0.25, -0.2) is 9.67 Å². The molecule has 0 radical (unpaired) electrons. The van der Waals surface area contributed by atoms with Crippen LogP contribution in [0.15, 0.2) is 18.7 Å². The largest absolute Gasteiger partial charge is 0.394 e. The van der Waals surface area contributed by atoms with Gasteiger partial charge in [0.1, 0.15) is 23.8 Å². The molecule has 0 saturated carbocycles. The molecule has 1 amide bonds. The van der Waals surface area contributed by atoms with E-state index in [2.05, 4.69) is 20.1 Å². The normalized spacial score (nSPS) is 24.0. The lowest BCUT2D eigenvalue weighted by atomic mass is 10.1. The molecule has 4 heterocycles. The second-order valence-electron chi connectivity index (χ2n) is 7.07. The highest BCUT2D eigenvalue weighted by molar-refractivity contribution is 5.82. The van der Waals surface area contributed by atoms with Gasteiger partial charge in [-0.15, -0.1) is 0 Å². The highest BCUT2D eigenvalue weighted by Gasteiger charge is 2.44. The zero-order chi connectivity index (χ0) is 21.4. The highest BCUT2D eigenvalue weighted by atomic mass is 16.6. The number of aliphatic hydroxyl groups is 3. The number of imidazole rings is 1. The lowest BCUT2D eigenvalue weighted by molar-refractivity contribution is -0.118. The maximum absolute atomic E-state index is 10.9. The van der Waals surface area contributed by atoms with Crippen LogP contribution in [-0.2, 0) is 16.0 Å². The minimum Gasteiger partial charge on any atom is -0.394 e. The van der Waals surface area contributed by atoms with Crippen molar-refractivity contribution in [3.8, 4) is 5.95 Å². The summed E-state index contributed by atoms with van der Waals surface area (Å²) in [6.45, 7) is -0.449. The first-order chi connectivity index (χ1) is 14.4. The number of anilines is 1. The number of primary amides is 1. The van der Waals surface area contributed by atoms with Gasteiger partial charge >= 0.3 is 0 Å². The molecule has 0 aromatic carbocycles. The monoisotopic (exact) mass is 418 g/mol. The third-order valence-electron chi connectivity index (χ3n) is 4.96. The maximum atomic E-state index is 10.9. The van der Waals surface area contributed by atoms with Crippen molar-refractivity contribution in [2.75, 3.05) is 12.3 Å². The number of nitrogen functional groups attached to an aromatic ring is 1.